The summed E-state index contributed by atoms with van der Waals surface area (Å²) >= 11 is 1.61. The van der Waals surface area contributed by atoms with Crippen molar-refractivity contribution in [2.75, 3.05) is 6.54 Å². The van der Waals surface area contributed by atoms with E-state index < -0.39 is 12.0 Å². The number of thiazole rings is 1. The molecule has 9 heteroatoms. The molecular weight excluding hydrogens is 464 g/mol. The Balaban J connectivity index is 1.48. The minimum atomic E-state index is -0.630. The van der Waals surface area contributed by atoms with Crippen molar-refractivity contribution in [2.45, 2.75) is 59.0 Å². The average Bonchev–Trinajstić information content (AvgIpc) is 3.53. The molecular formula is C26H32N4O4S. The lowest BCUT2D eigenvalue weighted by Gasteiger charge is -2.29. The van der Waals surface area contributed by atoms with Crippen molar-refractivity contribution < 1.29 is 14.1 Å². The topological polar surface area (TPSA) is 108 Å². The molecule has 2 N–H and O–H groups in total. The maximum absolute atomic E-state index is 13.6. The Labute approximate surface area is 208 Å². The van der Waals surface area contributed by atoms with Crippen LogP contribution in [0.4, 0.5) is 0 Å². The molecule has 4 atom stereocenters. The van der Waals surface area contributed by atoms with Gasteiger partial charge in [-0.15, -0.1) is 11.3 Å². The zero-order chi connectivity index (χ0) is 25.3. The van der Waals surface area contributed by atoms with Gasteiger partial charge in [0.2, 0.25) is 11.8 Å². The molecule has 2 amide bonds. The normalized spacial score (nSPS) is 19.7. The molecule has 3 heterocycles. The molecule has 1 aliphatic rings. The number of carbonyl (C=O) groups excluding carboxylic acids is 2. The standard InChI is InChI=1S/C26H32N4O4S/c1-14(2)23(21-11-22(31)29-34-21)26(33)30-12-15(3)10-20(30)25(32)28-16(4)18-6-8-19(9-7-18)24-17(5)27-13-35-24/h6-9,11,13-16,20,23H,10,12H2,1-5H3,(H,28,32)(H,29,31)/t15-,16+,20+,23-/m1/s1. The lowest BCUT2D eigenvalue weighted by atomic mass is 9.91. The third kappa shape index (κ3) is 5.24. The second-order valence-corrected chi connectivity index (χ2v) is 10.7. The van der Waals surface area contributed by atoms with Crippen LogP contribution in [0.3, 0.4) is 0 Å². The Bertz CT molecular complexity index is 1240. The second-order valence-electron chi connectivity index (χ2n) is 9.80. The van der Waals surface area contributed by atoms with Gasteiger partial charge in [0.15, 0.2) is 5.76 Å². The SMILES string of the molecule is Cc1ncsc1-c1ccc([C@H](C)NC(=O)[C@@H]2C[C@@H](C)CN2C(=O)[C@@H](c2cc(=O)[nH]o2)C(C)C)cc1. The molecule has 2 aromatic heterocycles. The monoisotopic (exact) mass is 496 g/mol. The number of amides is 2. The van der Waals surface area contributed by atoms with Gasteiger partial charge in [-0.25, -0.2) is 4.98 Å². The maximum Gasteiger partial charge on any atom is 0.280 e. The summed E-state index contributed by atoms with van der Waals surface area (Å²) in [4.78, 5) is 45.6. The van der Waals surface area contributed by atoms with E-state index in [2.05, 4.69) is 15.5 Å². The van der Waals surface area contributed by atoms with E-state index in [0.717, 1.165) is 21.7 Å². The first-order valence-corrected chi connectivity index (χ1v) is 12.8. The zero-order valence-electron chi connectivity index (χ0n) is 20.7. The number of nitrogens with zero attached hydrogens (tertiary/aromatic N) is 2. The van der Waals surface area contributed by atoms with Gasteiger partial charge in [-0.2, -0.15) is 5.16 Å². The van der Waals surface area contributed by atoms with Crippen LogP contribution in [0, 0.1) is 18.8 Å². The summed E-state index contributed by atoms with van der Waals surface area (Å²) in [6.45, 7) is 10.3. The molecule has 0 saturated carbocycles. The first-order chi connectivity index (χ1) is 16.7. The first-order valence-electron chi connectivity index (χ1n) is 11.9. The predicted molar refractivity (Wildman–Crippen MR) is 135 cm³/mol. The molecule has 8 nitrogen and oxygen atoms in total. The van der Waals surface area contributed by atoms with Gasteiger partial charge in [-0.1, -0.05) is 45.0 Å². The quantitative estimate of drug-likeness (QED) is 0.508. The van der Waals surface area contributed by atoms with Gasteiger partial charge >= 0.3 is 0 Å². The maximum atomic E-state index is 13.6. The molecule has 186 valence electrons. The van der Waals surface area contributed by atoms with Crippen LogP contribution in [0.2, 0.25) is 0 Å². The van der Waals surface area contributed by atoms with Crippen molar-refractivity contribution in [3.05, 3.63) is 63.2 Å². The molecule has 1 saturated heterocycles. The van der Waals surface area contributed by atoms with Gasteiger partial charge in [-0.05, 0) is 43.2 Å². The minimum Gasteiger partial charge on any atom is -0.383 e. The molecule has 4 rings (SSSR count). The van der Waals surface area contributed by atoms with Crippen molar-refractivity contribution in [2.24, 2.45) is 11.8 Å². The predicted octanol–water partition coefficient (Wildman–Crippen LogP) is 4.25. The molecule has 0 aliphatic carbocycles. The van der Waals surface area contributed by atoms with Crippen molar-refractivity contribution in [3.8, 4) is 10.4 Å². The van der Waals surface area contributed by atoms with E-state index in [1.54, 1.807) is 16.2 Å². The summed E-state index contributed by atoms with van der Waals surface area (Å²) in [5.41, 5.74) is 4.55. The van der Waals surface area contributed by atoms with Crippen LogP contribution in [-0.2, 0) is 9.59 Å². The minimum absolute atomic E-state index is 0.0966. The van der Waals surface area contributed by atoms with Crippen LogP contribution in [0.1, 0.15) is 63.1 Å². The number of carbonyl (C=O) groups is 2. The lowest BCUT2D eigenvalue weighted by Crippen LogP contribution is -2.48. The van der Waals surface area contributed by atoms with Crippen LogP contribution >= 0.6 is 11.3 Å². The molecule has 0 spiro atoms. The van der Waals surface area contributed by atoms with Crippen molar-refractivity contribution in [1.82, 2.24) is 20.4 Å². The first kappa shape index (κ1) is 24.9. The summed E-state index contributed by atoms with van der Waals surface area (Å²) in [6.07, 6.45) is 0.593. The van der Waals surface area contributed by atoms with Gasteiger partial charge in [0.1, 0.15) is 12.0 Å². The molecule has 1 fully saturated rings. The fraction of sp³-hybridized carbons (Fsp3) is 0.462. The molecule has 0 radical (unpaired) electrons. The number of benzene rings is 1. The molecule has 35 heavy (non-hydrogen) atoms. The average molecular weight is 497 g/mol. The summed E-state index contributed by atoms with van der Waals surface area (Å²) in [5.74, 6) is -0.591. The Morgan fingerprint density at radius 2 is 1.94 bits per heavy atom. The summed E-state index contributed by atoms with van der Waals surface area (Å²) < 4.78 is 5.27. The Hall–Kier alpha value is -3.20. The highest BCUT2D eigenvalue weighted by Crippen LogP contribution is 2.32. The number of hydrogen-bond acceptors (Lipinski definition) is 6. The van der Waals surface area contributed by atoms with Gasteiger partial charge in [0.05, 0.1) is 22.1 Å². The van der Waals surface area contributed by atoms with E-state index in [1.807, 2.05) is 64.4 Å². The molecule has 3 aromatic rings. The van der Waals surface area contributed by atoms with Crippen molar-refractivity contribution >= 4 is 23.2 Å². The molecule has 0 bridgehead atoms. The number of aromatic nitrogens is 2. The van der Waals surface area contributed by atoms with Gasteiger partial charge in [0, 0.05) is 12.6 Å². The fourth-order valence-corrected chi connectivity index (χ4v) is 5.61. The van der Waals surface area contributed by atoms with E-state index >= 15 is 0 Å². The number of H-pyrrole nitrogens is 1. The number of aryl methyl sites for hydroxylation is 1. The van der Waals surface area contributed by atoms with Crippen LogP contribution < -0.4 is 10.9 Å². The highest BCUT2D eigenvalue weighted by Gasteiger charge is 2.42. The van der Waals surface area contributed by atoms with Gasteiger partial charge < -0.3 is 14.7 Å². The second kappa shape index (κ2) is 10.2. The molecule has 1 aromatic carbocycles. The largest absolute Gasteiger partial charge is 0.383 e. The highest BCUT2D eigenvalue weighted by molar-refractivity contribution is 7.13. The van der Waals surface area contributed by atoms with Crippen molar-refractivity contribution in [1.29, 1.82) is 0 Å². The van der Waals surface area contributed by atoms with Crippen LogP contribution in [0.5, 0.6) is 0 Å². The fourth-order valence-electron chi connectivity index (χ4n) is 4.80. The van der Waals surface area contributed by atoms with E-state index in [0.29, 0.717) is 18.7 Å². The van der Waals surface area contributed by atoms with Crippen LogP contribution in [0.15, 0.2) is 45.2 Å². The zero-order valence-corrected chi connectivity index (χ0v) is 21.5. The summed E-state index contributed by atoms with van der Waals surface area (Å²) in [7, 11) is 0. The number of nitrogens with one attached hydrogen (secondary N) is 2. The van der Waals surface area contributed by atoms with Crippen molar-refractivity contribution in [3.63, 3.8) is 0 Å². The van der Waals surface area contributed by atoms with Gasteiger partial charge in [0.25, 0.3) is 5.56 Å². The highest BCUT2D eigenvalue weighted by atomic mass is 32.1. The lowest BCUT2D eigenvalue weighted by molar-refractivity contribution is -0.141. The van der Waals surface area contributed by atoms with Gasteiger partial charge in [-0.3, -0.25) is 14.4 Å². The number of hydrogen-bond donors (Lipinski definition) is 2. The smallest absolute Gasteiger partial charge is 0.280 e. The van der Waals surface area contributed by atoms with Crippen LogP contribution in [0.25, 0.3) is 10.4 Å². The number of likely N-dealkylation sites (tertiary alicyclic amines) is 1. The molecule has 0 unspecified atom stereocenters. The molecule has 1 aliphatic heterocycles. The Morgan fingerprint density at radius 3 is 2.51 bits per heavy atom. The van der Waals surface area contributed by atoms with E-state index in [9.17, 15) is 14.4 Å². The third-order valence-electron chi connectivity index (χ3n) is 6.66. The van der Waals surface area contributed by atoms with Crippen LogP contribution in [-0.4, -0.2) is 39.4 Å². The van der Waals surface area contributed by atoms with E-state index in [-0.39, 0.29) is 35.3 Å². The number of aromatic amines is 1. The summed E-state index contributed by atoms with van der Waals surface area (Å²) in [6, 6.07) is 8.66. The van der Waals surface area contributed by atoms with E-state index in [1.165, 1.54) is 6.07 Å². The third-order valence-corrected chi connectivity index (χ3v) is 7.63. The Morgan fingerprint density at radius 1 is 1.23 bits per heavy atom. The van der Waals surface area contributed by atoms with E-state index in [4.69, 9.17) is 4.52 Å². The Kier molecular flexibility index (Phi) is 7.25. The summed E-state index contributed by atoms with van der Waals surface area (Å²) in [5, 5.41) is 5.37. The number of rotatable bonds is 7.